The Bertz CT molecular complexity index is 418. The lowest BCUT2D eigenvalue weighted by Gasteiger charge is -2.58. The highest BCUT2D eigenvalue weighted by Crippen LogP contribution is 2.61. The van der Waals surface area contributed by atoms with E-state index in [2.05, 4.69) is 33.9 Å². The number of allylic oxidation sites excluding steroid dienone is 1. The molecule has 0 spiro atoms. The summed E-state index contributed by atoms with van der Waals surface area (Å²) < 4.78 is 0. The Hall–Kier alpha value is -0.560. The molecule has 1 nitrogen and oxygen atoms in total. The first-order valence-electron chi connectivity index (χ1n) is 8.66. The van der Waals surface area contributed by atoms with Crippen LogP contribution in [0.2, 0.25) is 0 Å². The van der Waals surface area contributed by atoms with E-state index in [0.717, 1.165) is 18.8 Å². The first kappa shape index (κ1) is 16.8. The highest BCUT2D eigenvalue weighted by Gasteiger charge is 2.52. The van der Waals surface area contributed by atoms with E-state index < -0.39 is 5.60 Å². The van der Waals surface area contributed by atoms with Crippen molar-refractivity contribution in [2.75, 3.05) is 0 Å². The van der Waals surface area contributed by atoms with Crippen molar-refractivity contribution in [3.63, 3.8) is 0 Å². The fourth-order valence-corrected chi connectivity index (χ4v) is 5.35. The molecule has 0 saturated heterocycles. The molecule has 0 aromatic heterocycles. The molecule has 0 aromatic carbocycles. The van der Waals surface area contributed by atoms with Crippen LogP contribution in [0.4, 0.5) is 0 Å². The SMILES string of the molecule is C=C[C@](C)(O)CC[C@H]1C(=C)CC[C@@H]2C(C)(C)CCC[C@@]21C. The van der Waals surface area contributed by atoms with Crippen molar-refractivity contribution in [3.05, 3.63) is 24.8 Å². The Morgan fingerprint density at radius 3 is 2.62 bits per heavy atom. The molecular weight excluding hydrogens is 256 g/mol. The third-order valence-corrected chi connectivity index (χ3v) is 6.70. The molecule has 4 atom stereocenters. The van der Waals surface area contributed by atoms with Gasteiger partial charge in [-0.15, -0.1) is 6.58 Å². The fourth-order valence-electron chi connectivity index (χ4n) is 5.35. The van der Waals surface area contributed by atoms with E-state index in [-0.39, 0.29) is 0 Å². The molecule has 21 heavy (non-hydrogen) atoms. The van der Waals surface area contributed by atoms with Crippen LogP contribution in [0, 0.1) is 22.7 Å². The number of aliphatic hydroxyl groups is 1. The molecule has 2 rings (SSSR count). The second-order valence-electron chi connectivity index (χ2n) is 8.75. The van der Waals surface area contributed by atoms with E-state index in [4.69, 9.17) is 0 Å². The van der Waals surface area contributed by atoms with Crippen LogP contribution in [-0.2, 0) is 0 Å². The van der Waals surface area contributed by atoms with Gasteiger partial charge in [0.05, 0.1) is 5.60 Å². The van der Waals surface area contributed by atoms with Gasteiger partial charge in [-0.05, 0) is 68.1 Å². The Balaban J connectivity index is 2.21. The molecule has 0 radical (unpaired) electrons. The molecule has 0 aliphatic heterocycles. The zero-order valence-corrected chi connectivity index (χ0v) is 14.5. The highest BCUT2D eigenvalue weighted by atomic mass is 16.3. The number of rotatable bonds is 4. The predicted molar refractivity (Wildman–Crippen MR) is 91.1 cm³/mol. The van der Waals surface area contributed by atoms with Crippen LogP contribution in [0.5, 0.6) is 0 Å². The zero-order chi connectivity index (χ0) is 15.9. The third-order valence-electron chi connectivity index (χ3n) is 6.70. The van der Waals surface area contributed by atoms with Crippen LogP contribution in [0.15, 0.2) is 24.8 Å². The van der Waals surface area contributed by atoms with Gasteiger partial charge in [0.25, 0.3) is 0 Å². The summed E-state index contributed by atoms with van der Waals surface area (Å²) in [5.74, 6) is 1.35. The molecule has 2 fully saturated rings. The minimum atomic E-state index is -0.742. The van der Waals surface area contributed by atoms with Crippen LogP contribution in [-0.4, -0.2) is 10.7 Å². The summed E-state index contributed by atoms with van der Waals surface area (Å²) in [4.78, 5) is 0. The smallest absolute Gasteiger partial charge is 0.0797 e. The van der Waals surface area contributed by atoms with E-state index in [1.165, 1.54) is 37.7 Å². The molecular formula is C20H34O. The standard InChI is InChI=1S/C20H34O/c1-7-19(5,21)14-11-16-15(2)9-10-17-18(3,4)12-8-13-20(16,17)6/h7,16-17,21H,1-2,8-14H2,3-6H3/t16-,17+,19-,20+/m0/s1. The van der Waals surface area contributed by atoms with Gasteiger partial charge in [-0.2, -0.15) is 0 Å². The lowest BCUT2D eigenvalue weighted by atomic mass is 9.47. The van der Waals surface area contributed by atoms with Crippen molar-refractivity contribution in [1.29, 1.82) is 0 Å². The van der Waals surface area contributed by atoms with Gasteiger partial charge in [-0.25, -0.2) is 0 Å². The number of hydrogen-bond acceptors (Lipinski definition) is 1. The van der Waals surface area contributed by atoms with E-state index in [0.29, 0.717) is 16.7 Å². The molecule has 0 amide bonds. The monoisotopic (exact) mass is 290 g/mol. The molecule has 2 aliphatic rings. The summed E-state index contributed by atoms with van der Waals surface area (Å²) in [5, 5.41) is 10.3. The maximum atomic E-state index is 10.3. The minimum Gasteiger partial charge on any atom is -0.386 e. The largest absolute Gasteiger partial charge is 0.386 e. The molecule has 1 N–H and O–H groups in total. The van der Waals surface area contributed by atoms with Crippen molar-refractivity contribution in [2.45, 2.75) is 78.2 Å². The van der Waals surface area contributed by atoms with Gasteiger partial charge < -0.3 is 5.11 Å². The number of fused-ring (bicyclic) bond motifs is 1. The molecule has 0 unspecified atom stereocenters. The van der Waals surface area contributed by atoms with Gasteiger partial charge in [0.1, 0.15) is 0 Å². The highest BCUT2D eigenvalue weighted by molar-refractivity contribution is 5.16. The van der Waals surface area contributed by atoms with Crippen molar-refractivity contribution in [2.24, 2.45) is 22.7 Å². The average molecular weight is 290 g/mol. The molecule has 2 saturated carbocycles. The van der Waals surface area contributed by atoms with Gasteiger partial charge in [0.2, 0.25) is 0 Å². The Kier molecular flexibility index (Phi) is 4.46. The summed E-state index contributed by atoms with van der Waals surface area (Å²) in [6.45, 7) is 17.4. The first-order chi connectivity index (χ1) is 9.62. The van der Waals surface area contributed by atoms with Gasteiger partial charge >= 0.3 is 0 Å². The van der Waals surface area contributed by atoms with Crippen LogP contribution >= 0.6 is 0 Å². The van der Waals surface area contributed by atoms with Gasteiger partial charge in [0, 0.05) is 0 Å². The Labute approximate surface area is 131 Å². The van der Waals surface area contributed by atoms with E-state index >= 15 is 0 Å². The lowest BCUT2D eigenvalue weighted by molar-refractivity contribution is -0.0583. The molecule has 2 aliphatic carbocycles. The molecule has 0 aromatic rings. The molecule has 0 heterocycles. The first-order valence-corrected chi connectivity index (χ1v) is 8.66. The molecule has 120 valence electrons. The fraction of sp³-hybridized carbons (Fsp3) is 0.800. The van der Waals surface area contributed by atoms with E-state index in [1.807, 2.05) is 6.92 Å². The van der Waals surface area contributed by atoms with Gasteiger partial charge in [-0.1, -0.05) is 45.4 Å². The van der Waals surface area contributed by atoms with Crippen LogP contribution in [0.3, 0.4) is 0 Å². The quantitative estimate of drug-likeness (QED) is 0.678. The van der Waals surface area contributed by atoms with Crippen molar-refractivity contribution >= 4 is 0 Å². The second-order valence-corrected chi connectivity index (χ2v) is 8.75. The van der Waals surface area contributed by atoms with Crippen LogP contribution < -0.4 is 0 Å². The van der Waals surface area contributed by atoms with Crippen LogP contribution in [0.25, 0.3) is 0 Å². The molecule has 1 heteroatoms. The van der Waals surface area contributed by atoms with Gasteiger partial charge in [-0.3, -0.25) is 0 Å². The Morgan fingerprint density at radius 1 is 1.33 bits per heavy atom. The summed E-state index contributed by atoms with van der Waals surface area (Å²) in [7, 11) is 0. The summed E-state index contributed by atoms with van der Waals surface area (Å²) in [6, 6.07) is 0. The maximum absolute atomic E-state index is 10.3. The van der Waals surface area contributed by atoms with Crippen LogP contribution in [0.1, 0.15) is 72.6 Å². The summed E-state index contributed by atoms with van der Waals surface area (Å²) >= 11 is 0. The third kappa shape index (κ3) is 3.13. The van der Waals surface area contributed by atoms with Gasteiger partial charge in [0.15, 0.2) is 0 Å². The average Bonchev–Trinajstić information content (AvgIpc) is 2.36. The van der Waals surface area contributed by atoms with Crippen molar-refractivity contribution in [1.82, 2.24) is 0 Å². The zero-order valence-electron chi connectivity index (χ0n) is 14.5. The maximum Gasteiger partial charge on any atom is 0.0797 e. The normalized spacial score (nSPS) is 38.4. The molecule has 0 bridgehead atoms. The minimum absolute atomic E-state index is 0.369. The summed E-state index contributed by atoms with van der Waals surface area (Å²) in [5.41, 5.74) is 1.50. The predicted octanol–water partition coefficient (Wildman–Crippen LogP) is 5.50. The second kappa shape index (κ2) is 5.57. The number of hydrogen-bond donors (Lipinski definition) is 1. The lowest BCUT2D eigenvalue weighted by Crippen LogP contribution is -2.49. The van der Waals surface area contributed by atoms with E-state index in [9.17, 15) is 5.11 Å². The Morgan fingerprint density at radius 2 is 2.00 bits per heavy atom. The topological polar surface area (TPSA) is 20.2 Å². The van der Waals surface area contributed by atoms with Crippen molar-refractivity contribution < 1.29 is 5.11 Å². The van der Waals surface area contributed by atoms with Crippen molar-refractivity contribution in [3.8, 4) is 0 Å². The summed E-state index contributed by atoms with van der Waals surface area (Å²) in [6.07, 6.45) is 10.0. The van der Waals surface area contributed by atoms with E-state index in [1.54, 1.807) is 6.08 Å².